The van der Waals surface area contributed by atoms with Crippen molar-refractivity contribution in [1.82, 2.24) is 24.5 Å². The van der Waals surface area contributed by atoms with E-state index in [-0.39, 0.29) is 11.6 Å². The lowest BCUT2D eigenvalue weighted by Crippen LogP contribution is -2.26. The Morgan fingerprint density at radius 1 is 1.14 bits per heavy atom. The molecule has 0 aromatic carbocycles. The van der Waals surface area contributed by atoms with E-state index in [1.807, 2.05) is 26.0 Å². The first-order valence-corrected chi connectivity index (χ1v) is 6.75. The highest BCUT2D eigenvalue weighted by Gasteiger charge is 2.13. The van der Waals surface area contributed by atoms with Crippen LogP contribution in [0.1, 0.15) is 24.2 Å². The van der Waals surface area contributed by atoms with Gasteiger partial charge in [0.2, 0.25) is 0 Å². The van der Waals surface area contributed by atoms with Gasteiger partial charge in [0.15, 0.2) is 11.2 Å². The highest BCUT2D eigenvalue weighted by molar-refractivity contribution is 5.66. The highest BCUT2D eigenvalue weighted by atomic mass is 16.1. The molecule has 0 fully saturated rings. The SMILES string of the molecule is Cc1cccnc1C[C@@H](C)n1cnc2nccnc2c1=O. The van der Waals surface area contributed by atoms with Gasteiger partial charge in [0.25, 0.3) is 5.56 Å². The summed E-state index contributed by atoms with van der Waals surface area (Å²) in [5.41, 5.74) is 2.60. The van der Waals surface area contributed by atoms with Gasteiger partial charge in [0.05, 0.1) is 0 Å². The average molecular weight is 281 g/mol. The molecule has 0 N–H and O–H groups in total. The van der Waals surface area contributed by atoms with Crippen LogP contribution in [0.25, 0.3) is 11.2 Å². The van der Waals surface area contributed by atoms with Crippen molar-refractivity contribution < 1.29 is 0 Å². The summed E-state index contributed by atoms with van der Waals surface area (Å²) in [6, 6.07) is 3.87. The molecule has 3 rings (SSSR count). The van der Waals surface area contributed by atoms with E-state index in [4.69, 9.17) is 0 Å². The molecule has 6 heteroatoms. The van der Waals surface area contributed by atoms with Gasteiger partial charge in [-0.25, -0.2) is 15.0 Å². The normalized spacial score (nSPS) is 12.5. The molecule has 21 heavy (non-hydrogen) atoms. The fourth-order valence-corrected chi connectivity index (χ4v) is 2.29. The van der Waals surface area contributed by atoms with Crippen LogP contribution in [-0.4, -0.2) is 24.5 Å². The fourth-order valence-electron chi connectivity index (χ4n) is 2.29. The van der Waals surface area contributed by atoms with Gasteiger partial charge in [0, 0.05) is 36.7 Å². The first-order valence-electron chi connectivity index (χ1n) is 6.75. The molecular formula is C15H15N5O. The Morgan fingerprint density at radius 3 is 2.76 bits per heavy atom. The predicted molar refractivity (Wildman–Crippen MR) is 79.0 cm³/mol. The van der Waals surface area contributed by atoms with Crippen molar-refractivity contribution >= 4 is 11.2 Å². The average Bonchev–Trinajstić information content (AvgIpc) is 2.50. The van der Waals surface area contributed by atoms with E-state index in [0.717, 1.165) is 11.3 Å². The zero-order valence-corrected chi connectivity index (χ0v) is 11.9. The summed E-state index contributed by atoms with van der Waals surface area (Å²) in [5, 5.41) is 0. The van der Waals surface area contributed by atoms with Crippen LogP contribution in [0.15, 0.2) is 41.8 Å². The van der Waals surface area contributed by atoms with E-state index in [1.54, 1.807) is 10.8 Å². The predicted octanol–water partition coefficient (Wildman–Crippen LogP) is 1.69. The van der Waals surface area contributed by atoms with Crippen LogP contribution in [0, 0.1) is 6.92 Å². The summed E-state index contributed by atoms with van der Waals surface area (Å²) < 4.78 is 1.59. The van der Waals surface area contributed by atoms with Crippen LogP contribution in [-0.2, 0) is 6.42 Å². The lowest BCUT2D eigenvalue weighted by atomic mass is 10.1. The second-order valence-electron chi connectivity index (χ2n) is 5.01. The van der Waals surface area contributed by atoms with Crippen molar-refractivity contribution in [1.29, 1.82) is 0 Å². The molecule has 0 amide bonds. The number of pyridine rings is 1. The van der Waals surface area contributed by atoms with Gasteiger partial charge in [-0.2, -0.15) is 0 Å². The van der Waals surface area contributed by atoms with Gasteiger partial charge >= 0.3 is 0 Å². The maximum Gasteiger partial charge on any atom is 0.281 e. The molecule has 0 unspecified atom stereocenters. The molecule has 0 saturated carbocycles. The Hall–Kier alpha value is -2.63. The van der Waals surface area contributed by atoms with Gasteiger partial charge in [-0.15, -0.1) is 0 Å². The fraction of sp³-hybridized carbons (Fsp3) is 0.267. The van der Waals surface area contributed by atoms with Crippen LogP contribution in [0.3, 0.4) is 0 Å². The summed E-state index contributed by atoms with van der Waals surface area (Å²) in [5.74, 6) is 0. The van der Waals surface area contributed by atoms with E-state index in [0.29, 0.717) is 17.6 Å². The largest absolute Gasteiger partial charge is 0.294 e. The van der Waals surface area contributed by atoms with Crippen LogP contribution in [0.5, 0.6) is 0 Å². The Balaban J connectivity index is 1.99. The minimum atomic E-state index is -0.172. The number of nitrogens with zero attached hydrogens (tertiary/aromatic N) is 5. The van der Waals surface area contributed by atoms with Gasteiger partial charge in [-0.1, -0.05) is 6.07 Å². The Bertz CT molecular complexity index is 843. The molecule has 0 aliphatic carbocycles. The van der Waals surface area contributed by atoms with Gasteiger partial charge < -0.3 is 0 Å². The molecule has 0 aliphatic rings. The molecule has 6 nitrogen and oxygen atoms in total. The number of rotatable bonds is 3. The Morgan fingerprint density at radius 2 is 1.95 bits per heavy atom. The van der Waals surface area contributed by atoms with Crippen molar-refractivity contribution in [3.63, 3.8) is 0 Å². The van der Waals surface area contributed by atoms with E-state index in [1.165, 1.54) is 18.7 Å². The summed E-state index contributed by atoms with van der Waals surface area (Å²) in [4.78, 5) is 29.1. The highest BCUT2D eigenvalue weighted by Crippen LogP contribution is 2.13. The molecule has 0 spiro atoms. The summed E-state index contributed by atoms with van der Waals surface area (Å²) >= 11 is 0. The van der Waals surface area contributed by atoms with E-state index >= 15 is 0 Å². The number of aryl methyl sites for hydroxylation is 1. The molecule has 3 heterocycles. The van der Waals surface area contributed by atoms with E-state index in [2.05, 4.69) is 19.9 Å². The molecule has 106 valence electrons. The molecular weight excluding hydrogens is 266 g/mol. The van der Waals surface area contributed by atoms with Gasteiger partial charge in [-0.05, 0) is 25.5 Å². The molecule has 3 aromatic heterocycles. The van der Waals surface area contributed by atoms with Gasteiger partial charge in [-0.3, -0.25) is 14.3 Å². The molecule has 0 saturated heterocycles. The second kappa shape index (κ2) is 5.40. The third kappa shape index (κ3) is 2.52. The molecule has 1 atom stereocenters. The lowest BCUT2D eigenvalue weighted by molar-refractivity contribution is 0.515. The molecule has 0 radical (unpaired) electrons. The number of aromatic nitrogens is 5. The smallest absolute Gasteiger partial charge is 0.281 e. The van der Waals surface area contributed by atoms with Crippen molar-refractivity contribution in [2.75, 3.05) is 0 Å². The van der Waals surface area contributed by atoms with Crippen LogP contribution in [0.2, 0.25) is 0 Å². The third-order valence-corrected chi connectivity index (χ3v) is 3.50. The Kier molecular flexibility index (Phi) is 3.43. The lowest BCUT2D eigenvalue weighted by Gasteiger charge is -2.15. The second-order valence-corrected chi connectivity index (χ2v) is 5.01. The van der Waals surface area contributed by atoms with E-state index < -0.39 is 0 Å². The molecule has 0 bridgehead atoms. The number of fused-ring (bicyclic) bond motifs is 1. The molecule has 3 aromatic rings. The summed E-state index contributed by atoms with van der Waals surface area (Å²) in [6.07, 6.45) is 6.99. The number of hydrogen-bond donors (Lipinski definition) is 0. The first-order chi connectivity index (χ1) is 10.2. The zero-order valence-electron chi connectivity index (χ0n) is 11.9. The third-order valence-electron chi connectivity index (χ3n) is 3.50. The monoisotopic (exact) mass is 281 g/mol. The minimum absolute atomic E-state index is 0.0509. The summed E-state index contributed by atoms with van der Waals surface area (Å²) in [7, 11) is 0. The maximum atomic E-state index is 12.4. The van der Waals surface area contributed by atoms with Crippen LogP contribution >= 0.6 is 0 Å². The molecule has 0 aliphatic heterocycles. The topological polar surface area (TPSA) is 73.6 Å². The van der Waals surface area contributed by atoms with E-state index in [9.17, 15) is 4.79 Å². The van der Waals surface area contributed by atoms with Gasteiger partial charge in [0.1, 0.15) is 6.33 Å². The first kappa shape index (κ1) is 13.4. The van der Waals surface area contributed by atoms with Crippen LogP contribution < -0.4 is 5.56 Å². The maximum absolute atomic E-state index is 12.4. The van der Waals surface area contributed by atoms with Crippen molar-refractivity contribution in [2.45, 2.75) is 26.3 Å². The standard InChI is InChI=1S/C15H15N5O/c1-10-4-3-5-16-12(10)8-11(2)20-9-19-14-13(15(20)21)17-6-7-18-14/h3-7,9,11H,8H2,1-2H3/t11-/m1/s1. The zero-order chi connectivity index (χ0) is 14.8. The van der Waals surface area contributed by atoms with Crippen molar-refractivity contribution in [2.24, 2.45) is 0 Å². The number of hydrogen-bond acceptors (Lipinski definition) is 5. The van der Waals surface area contributed by atoms with Crippen molar-refractivity contribution in [3.05, 3.63) is 58.7 Å². The quantitative estimate of drug-likeness (QED) is 0.730. The van der Waals surface area contributed by atoms with Crippen LogP contribution in [0.4, 0.5) is 0 Å². The summed E-state index contributed by atoms with van der Waals surface area (Å²) in [6.45, 7) is 3.99. The van der Waals surface area contributed by atoms with Crippen molar-refractivity contribution in [3.8, 4) is 0 Å². The minimum Gasteiger partial charge on any atom is -0.294 e. The Labute approximate surface area is 121 Å².